The third kappa shape index (κ3) is 6.17. The molecule has 0 saturated heterocycles. The quantitative estimate of drug-likeness (QED) is 0.255. The van der Waals surface area contributed by atoms with Crippen molar-refractivity contribution in [3.05, 3.63) is 108 Å². The number of ether oxygens (including phenoxy) is 2. The first kappa shape index (κ1) is 25.0. The standard InChI is InChI=1S/C31H33N3O3/c1-36-19-18-33(20-24-13-15-27(16-14-24)37-23-25-8-6-7-17-32-25)21-26(35)22-34-30-11-4-2-9-28(30)29-10-3-5-12-31(29)34/h2-17,26,35H,18-23H2,1H3/t26-/m1/s1. The Morgan fingerprint density at radius 3 is 2.19 bits per heavy atom. The van der Waals surface area contributed by atoms with Crippen molar-refractivity contribution in [1.29, 1.82) is 0 Å². The van der Waals surface area contributed by atoms with Crippen LogP contribution >= 0.6 is 0 Å². The van der Waals surface area contributed by atoms with E-state index in [1.54, 1.807) is 13.3 Å². The summed E-state index contributed by atoms with van der Waals surface area (Å²) in [4.78, 5) is 6.54. The number of aliphatic hydroxyl groups excluding tert-OH is 1. The minimum atomic E-state index is -0.531. The monoisotopic (exact) mass is 495 g/mol. The van der Waals surface area contributed by atoms with Crippen LogP contribution < -0.4 is 4.74 Å². The first-order valence-corrected chi connectivity index (χ1v) is 12.7. The lowest BCUT2D eigenvalue weighted by atomic mass is 10.2. The highest BCUT2D eigenvalue weighted by molar-refractivity contribution is 6.07. The van der Waals surface area contributed by atoms with E-state index in [9.17, 15) is 5.11 Å². The van der Waals surface area contributed by atoms with E-state index in [1.165, 1.54) is 10.8 Å². The summed E-state index contributed by atoms with van der Waals surface area (Å²) >= 11 is 0. The van der Waals surface area contributed by atoms with Gasteiger partial charge in [-0.2, -0.15) is 0 Å². The highest BCUT2D eigenvalue weighted by Gasteiger charge is 2.17. The zero-order valence-corrected chi connectivity index (χ0v) is 21.2. The zero-order chi connectivity index (χ0) is 25.5. The first-order chi connectivity index (χ1) is 18.2. The normalized spacial score (nSPS) is 12.4. The van der Waals surface area contributed by atoms with E-state index in [0.717, 1.165) is 34.6 Å². The van der Waals surface area contributed by atoms with Gasteiger partial charge in [0.1, 0.15) is 12.4 Å². The molecule has 0 aliphatic carbocycles. The van der Waals surface area contributed by atoms with Crippen molar-refractivity contribution in [2.45, 2.75) is 25.8 Å². The average Bonchev–Trinajstić information content (AvgIpc) is 3.25. The summed E-state index contributed by atoms with van der Waals surface area (Å²) in [5.74, 6) is 0.809. The molecule has 5 rings (SSSR count). The summed E-state index contributed by atoms with van der Waals surface area (Å²) < 4.78 is 13.5. The lowest BCUT2D eigenvalue weighted by Gasteiger charge is -2.25. The van der Waals surface area contributed by atoms with Crippen molar-refractivity contribution in [2.24, 2.45) is 0 Å². The molecular weight excluding hydrogens is 462 g/mol. The predicted molar refractivity (Wildman–Crippen MR) is 148 cm³/mol. The van der Waals surface area contributed by atoms with Gasteiger partial charge in [0.2, 0.25) is 0 Å². The molecule has 2 heterocycles. The number of fused-ring (bicyclic) bond motifs is 3. The van der Waals surface area contributed by atoms with Crippen LogP contribution in [0.4, 0.5) is 0 Å². The van der Waals surface area contributed by atoms with Gasteiger partial charge in [-0.25, -0.2) is 0 Å². The topological polar surface area (TPSA) is 59.8 Å². The Hall–Kier alpha value is -3.71. The zero-order valence-electron chi connectivity index (χ0n) is 21.2. The molecule has 1 atom stereocenters. The largest absolute Gasteiger partial charge is 0.487 e. The fraction of sp³-hybridized carbons (Fsp3) is 0.258. The molecular formula is C31H33N3O3. The molecule has 190 valence electrons. The molecule has 0 spiro atoms. The molecule has 37 heavy (non-hydrogen) atoms. The maximum absolute atomic E-state index is 11.2. The molecule has 1 N–H and O–H groups in total. The molecule has 0 fully saturated rings. The molecule has 6 heteroatoms. The lowest BCUT2D eigenvalue weighted by molar-refractivity contribution is 0.0768. The number of hydrogen-bond acceptors (Lipinski definition) is 5. The van der Waals surface area contributed by atoms with Crippen LogP contribution in [0.15, 0.2) is 97.2 Å². The molecule has 0 aliphatic heterocycles. The Morgan fingerprint density at radius 2 is 1.54 bits per heavy atom. The van der Waals surface area contributed by atoms with Gasteiger partial charge >= 0.3 is 0 Å². The molecule has 0 bridgehead atoms. The number of aliphatic hydroxyl groups is 1. The average molecular weight is 496 g/mol. The fourth-order valence-electron chi connectivity index (χ4n) is 4.81. The third-order valence-corrected chi connectivity index (χ3v) is 6.60. The smallest absolute Gasteiger partial charge is 0.130 e. The Labute approximate surface area is 217 Å². The molecule has 2 aromatic heterocycles. The van der Waals surface area contributed by atoms with Gasteiger partial charge in [0.25, 0.3) is 0 Å². The summed E-state index contributed by atoms with van der Waals surface area (Å²) in [6.07, 6.45) is 1.24. The number of hydrogen-bond donors (Lipinski definition) is 1. The van der Waals surface area contributed by atoms with E-state index in [2.05, 4.69) is 75.1 Å². The van der Waals surface area contributed by atoms with Crippen molar-refractivity contribution in [1.82, 2.24) is 14.5 Å². The maximum atomic E-state index is 11.2. The summed E-state index contributed by atoms with van der Waals surface area (Å²) in [6.45, 7) is 3.56. The molecule has 0 amide bonds. The number of aromatic nitrogens is 2. The first-order valence-electron chi connectivity index (χ1n) is 12.7. The molecule has 0 unspecified atom stereocenters. The van der Waals surface area contributed by atoms with Crippen LogP contribution in [-0.2, 0) is 24.4 Å². The molecule has 5 aromatic rings. The fourth-order valence-corrected chi connectivity index (χ4v) is 4.81. The van der Waals surface area contributed by atoms with Gasteiger partial charge in [0.05, 0.1) is 24.9 Å². The van der Waals surface area contributed by atoms with E-state index in [-0.39, 0.29) is 0 Å². The van der Waals surface area contributed by atoms with Gasteiger partial charge < -0.3 is 19.1 Å². The minimum absolute atomic E-state index is 0.440. The van der Waals surface area contributed by atoms with Gasteiger partial charge in [-0.05, 0) is 42.0 Å². The van der Waals surface area contributed by atoms with E-state index in [1.807, 2.05) is 30.3 Å². The second-order valence-corrected chi connectivity index (χ2v) is 9.28. The van der Waals surface area contributed by atoms with Crippen molar-refractivity contribution in [2.75, 3.05) is 26.8 Å². The lowest BCUT2D eigenvalue weighted by Crippen LogP contribution is -2.36. The number of rotatable bonds is 12. The number of pyridine rings is 1. The van der Waals surface area contributed by atoms with Gasteiger partial charge in [-0.3, -0.25) is 9.88 Å². The van der Waals surface area contributed by atoms with Crippen LogP contribution in [0, 0.1) is 0 Å². The number of benzene rings is 3. The van der Waals surface area contributed by atoms with Crippen LogP contribution in [0.3, 0.4) is 0 Å². The van der Waals surface area contributed by atoms with Crippen molar-refractivity contribution >= 4 is 21.8 Å². The van der Waals surface area contributed by atoms with Gasteiger partial charge in [-0.1, -0.05) is 54.6 Å². The molecule has 6 nitrogen and oxygen atoms in total. The second kappa shape index (κ2) is 12.0. The Balaban J connectivity index is 1.25. The second-order valence-electron chi connectivity index (χ2n) is 9.28. The molecule has 0 aliphatic rings. The van der Waals surface area contributed by atoms with Crippen LogP contribution in [0.5, 0.6) is 5.75 Å². The van der Waals surface area contributed by atoms with E-state index in [4.69, 9.17) is 9.47 Å². The summed E-state index contributed by atoms with van der Waals surface area (Å²) in [5, 5.41) is 13.6. The highest BCUT2D eigenvalue weighted by Crippen LogP contribution is 2.29. The Bertz CT molecular complexity index is 1360. The summed E-state index contributed by atoms with van der Waals surface area (Å²) in [5.41, 5.74) is 4.35. The van der Waals surface area contributed by atoms with Gasteiger partial charge in [0, 0.05) is 54.7 Å². The minimum Gasteiger partial charge on any atom is -0.487 e. The summed E-state index contributed by atoms with van der Waals surface area (Å²) in [7, 11) is 1.71. The van der Waals surface area contributed by atoms with Crippen LogP contribution in [0.2, 0.25) is 0 Å². The van der Waals surface area contributed by atoms with E-state index >= 15 is 0 Å². The summed E-state index contributed by atoms with van der Waals surface area (Å²) in [6, 6.07) is 30.7. The molecule has 0 saturated carbocycles. The van der Waals surface area contributed by atoms with Gasteiger partial charge in [0.15, 0.2) is 0 Å². The number of methoxy groups -OCH3 is 1. The molecule has 0 radical (unpaired) electrons. The van der Waals surface area contributed by atoms with Crippen molar-refractivity contribution in [3.63, 3.8) is 0 Å². The van der Waals surface area contributed by atoms with E-state index < -0.39 is 6.10 Å². The van der Waals surface area contributed by atoms with Gasteiger partial charge in [-0.15, -0.1) is 0 Å². The van der Waals surface area contributed by atoms with E-state index in [0.29, 0.717) is 32.8 Å². The number of nitrogens with zero attached hydrogens (tertiary/aromatic N) is 3. The molecule has 3 aromatic carbocycles. The number of para-hydroxylation sites is 2. The Morgan fingerprint density at radius 1 is 0.865 bits per heavy atom. The SMILES string of the molecule is COCCN(Cc1ccc(OCc2ccccn2)cc1)C[C@@H](O)Cn1c2ccccc2c2ccccc21. The van der Waals surface area contributed by atoms with Crippen molar-refractivity contribution in [3.8, 4) is 5.75 Å². The van der Waals surface area contributed by atoms with Crippen molar-refractivity contribution < 1.29 is 14.6 Å². The predicted octanol–water partition coefficient (Wildman–Crippen LogP) is 5.28. The van der Waals surface area contributed by atoms with Crippen LogP contribution in [0.25, 0.3) is 21.8 Å². The third-order valence-electron chi connectivity index (χ3n) is 6.60. The Kier molecular flexibility index (Phi) is 8.11. The van der Waals surface area contributed by atoms with Crippen LogP contribution in [-0.4, -0.2) is 52.5 Å². The highest BCUT2D eigenvalue weighted by atomic mass is 16.5. The maximum Gasteiger partial charge on any atom is 0.130 e. The van der Waals surface area contributed by atoms with Crippen LogP contribution in [0.1, 0.15) is 11.3 Å².